The van der Waals surface area contributed by atoms with Crippen molar-refractivity contribution in [1.29, 1.82) is 0 Å². The first-order valence-electron chi connectivity index (χ1n) is 5.31. The third-order valence-electron chi connectivity index (χ3n) is 2.37. The summed E-state index contributed by atoms with van der Waals surface area (Å²) >= 11 is 3.38. The van der Waals surface area contributed by atoms with Crippen molar-refractivity contribution in [2.45, 2.75) is 0 Å². The summed E-state index contributed by atoms with van der Waals surface area (Å²) in [6.07, 6.45) is 0. The summed E-state index contributed by atoms with van der Waals surface area (Å²) in [4.78, 5) is 8.29. The van der Waals surface area contributed by atoms with Gasteiger partial charge < -0.3 is 20.9 Å². The molecule has 2 rings (SSSR count). The normalized spacial score (nSPS) is 10.6. The Kier molecular flexibility index (Phi) is 3.83. The number of rotatable bonds is 4. The first kappa shape index (κ1) is 12.8. The van der Waals surface area contributed by atoms with Crippen LogP contribution in [-0.2, 0) is 0 Å². The summed E-state index contributed by atoms with van der Waals surface area (Å²) < 4.78 is 6.16. The Balaban J connectivity index is 2.67. The highest BCUT2D eigenvalue weighted by Gasteiger charge is 2.12. The predicted molar refractivity (Wildman–Crippen MR) is 73.8 cm³/mol. The van der Waals surface area contributed by atoms with Gasteiger partial charge >= 0.3 is 0 Å². The maximum atomic E-state index is 8.86. The van der Waals surface area contributed by atoms with Crippen molar-refractivity contribution in [3.05, 3.63) is 16.6 Å². The third kappa shape index (κ3) is 2.46. The Morgan fingerprint density at radius 3 is 2.89 bits per heavy atom. The standard InChI is InChI=1S/C11H13BrN4O2/c1-18-8-5-6(12)4-7-9(8)10(14-2-3-17)16-11(13)15-7/h4-5,17H,2-3H2,1H3,(H3,13,14,15,16). The minimum atomic E-state index is 0.00421. The highest BCUT2D eigenvalue weighted by Crippen LogP contribution is 2.33. The topological polar surface area (TPSA) is 93.3 Å². The van der Waals surface area contributed by atoms with Gasteiger partial charge in [0.05, 0.1) is 24.6 Å². The van der Waals surface area contributed by atoms with Crippen molar-refractivity contribution in [3.8, 4) is 5.75 Å². The summed E-state index contributed by atoms with van der Waals surface area (Å²) in [7, 11) is 1.58. The lowest BCUT2D eigenvalue weighted by atomic mass is 10.2. The summed E-state index contributed by atoms with van der Waals surface area (Å²) in [5.74, 6) is 1.36. The molecular weight excluding hydrogens is 300 g/mol. The number of nitrogens with one attached hydrogen (secondary N) is 1. The van der Waals surface area contributed by atoms with E-state index in [1.54, 1.807) is 7.11 Å². The number of halogens is 1. The molecule has 0 radical (unpaired) electrons. The van der Waals surface area contributed by atoms with Crippen LogP contribution in [0.5, 0.6) is 5.75 Å². The number of anilines is 2. The number of nitrogen functional groups attached to an aromatic ring is 1. The molecule has 7 heteroatoms. The molecule has 18 heavy (non-hydrogen) atoms. The van der Waals surface area contributed by atoms with Crippen molar-refractivity contribution >= 4 is 38.6 Å². The molecule has 0 amide bonds. The minimum Gasteiger partial charge on any atom is -0.496 e. The number of nitrogens with zero attached hydrogens (tertiary/aromatic N) is 2. The quantitative estimate of drug-likeness (QED) is 0.790. The number of aromatic nitrogens is 2. The van der Waals surface area contributed by atoms with E-state index < -0.39 is 0 Å². The van der Waals surface area contributed by atoms with E-state index in [2.05, 4.69) is 31.2 Å². The molecule has 2 aromatic rings. The van der Waals surface area contributed by atoms with Crippen LogP contribution in [0.15, 0.2) is 16.6 Å². The number of aliphatic hydroxyl groups is 1. The van der Waals surface area contributed by atoms with Crippen LogP contribution >= 0.6 is 15.9 Å². The molecule has 0 saturated heterocycles. The number of benzene rings is 1. The number of fused-ring (bicyclic) bond motifs is 1. The zero-order valence-corrected chi connectivity index (χ0v) is 11.4. The number of aliphatic hydroxyl groups excluding tert-OH is 1. The van der Waals surface area contributed by atoms with Gasteiger partial charge in [-0.05, 0) is 12.1 Å². The fraction of sp³-hybridized carbons (Fsp3) is 0.273. The van der Waals surface area contributed by atoms with E-state index in [4.69, 9.17) is 15.6 Å². The molecule has 0 bridgehead atoms. The van der Waals surface area contributed by atoms with Gasteiger partial charge in [-0.3, -0.25) is 0 Å². The second kappa shape index (κ2) is 5.36. The van der Waals surface area contributed by atoms with Crippen LogP contribution < -0.4 is 15.8 Å². The number of nitrogens with two attached hydrogens (primary N) is 1. The molecule has 1 heterocycles. The van der Waals surface area contributed by atoms with Crippen molar-refractivity contribution in [1.82, 2.24) is 9.97 Å². The Hall–Kier alpha value is -1.60. The SMILES string of the molecule is COc1cc(Br)cc2nc(N)nc(NCCO)c12. The molecule has 4 N–H and O–H groups in total. The Bertz CT molecular complexity index is 571. The zero-order valence-electron chi connectivity index (χ0n) is 9.77. The second-order valence-electron chi connectivity index (χ2n) is 3.58. The first-order chi connectivity index (χ1) is 8.65. The van der Waals surface area contributed by atoms with Crippen LogP contribution in [0.3, 0.4) is 0 Å². The van der Waals surface area contributed by atoms with E-state index in [1.807, 2.05) is 12.1 Å². The van der Waals surface area contributed by atoms with Gasteiger partial charge in [0.25, 0.3) is 0 Å². The third-order valence-corrected chi connectivity index (χ3v) is 2.83. The summed E-state index contributed by atoms with van der Waals surface area (Å²) in [5, 5.41) is 12.6. The van der Waals surface area contributed by atoms with Gasteiger partial charge in [0, 0.05) is 11.0 Å². The molecular formula is C11H13BrN4O2. The highest BCUT2D eigenvalue weighted by molar-refractivity contribution is 9.10. The predicted octanol–water partition coefficient (Wildman–Crippen LogP) is 1.39. The van der Waals surface area contributed by atoms with Crippen molar-refractivity contribution < 1.29 is 9.84 Å². The Morgan fingerprint density at radius 2 is 2.22 bits per heavy atom. The Morgan fingerprint density at radius 1 is 1.44 bits per heavy atom. The fourth-order valence-electron chi connectivity index (χ4n) is 1.68. The summed E-state index contributed by atoms with van der Waals surface area (Å²) in [6, 6.07) is 3.66. The lowest BCUT2D eigenvalue weighted by molar-refractivity contribution is 0.311. The van der Waals surface area contributed by atoms with Gasteiger partial charge in [0.1, 0.15) is 11.6 Å². The van der Waals surface area contributed by atoms with Gasteiger partial charge in [-0.1, -0.05) is 15.9 Å². The number of hydrogen-bond donors (Lipinski definition) is 3. The van der Waals surface area contributed by atoms with Crippen LogP contribution in [0.1, 0.15) is 0 Å². The molecule has 0 saturated carbocycles. The second-order valence-corrected chi connectivity index (χ2v) is 4.50. The van der Waals surface area contributed by atoms with Crippen molar-refractivity contribution in [2.24, 2.45) is 0 Å². The summed E-state index contributed by atoms with van der Waals surface area (Å²) in [6.45, 7) is 0.384. The molecule has 0 aliphatic carbocycles. The van der Waals surface area contributed by atoms with Gasteiger partial charge in [0.2, 0.25) is 5.95 Å². The van der Waals surface area contributed by atoms with Gasteiger partial charge in [-0.15, -0.1) is 0 Å². The van der Waals surface area contributed by atoms with E-state index >= 15 is 0 Å². The van der Waals surface area contributed by atoms with Crippen LogP contribution in [0, 0.1) is 0 Å². The van der Waals surface area contributed by atoms with E-state index in [0.717, 1.165) is 9.86 Å². The van der Waals surface area contributed by atoms with Crippen LogP contribution in [-0.4, -0.2) is 35.3 Å². The van der Waals surface area contributed by atoms with Crippen molar-refractivity contribution in [3.63, 3.8) is 0 Å². The zero-order chi connectivity index (χ0) is 13.1. The minimum absolute atomic E-state index is 0.00421. The van der Waals surface area contributed by atoms with Crippen molar-refractivity contribution in [2.75, 3.05) is 31.3 Å². The number of ether oxygens (including phenoxy) is 1. The van der Waals surface area contributed by atoms with Gasteiger partial charge in [-0.25, -0.2) is 4.98 Å². The molecule has 96 valence electrons. The lowest BCUT2D eigenvalue weighted by Crippen LogP contribution is -2.09. The summed E-state index contributed by atoms with van der Waals surface area (Å²) in [5.41, 5.74) is 6.33. The largest absolute Gasteiger partial charge is 0.496 e. The highest BCUT2D eigenvalue weighted by atomic mass is 79.9. The monoisotopic (exact) mass is 312 g/mol. The van der Waals surface area contributed by atoms with Gasteiger partial charge in [-0.2, -0.15) is 4.98 Å². The Labute approximate surface area is 112 Å². The smallest absolute Gasteiger partial charge is 0.222 e. The number of methoxy groups -OCH3 is 1. The number of hydrogen-bond acceptors (Lipinski definition) is 6. The molecule has 0 atom stereocenters. The average Bonchev–Trinajstić information content (AvgIpc) is 2.34. The molecule has 6 nitrogen and oxygen atoms in total. The first-order valence-corrected chi connectivity index (χ1v) is 6.10. The average molecular weight is 313 g/mol. The molecule has 0 fully saturated rings. The van der Waals surface area contributed by atoms with Crippen LogP contribution in [0.2, 0.25) is 0 Å². The van der Waals surface area contributed by atoms with E-state index in [-0.39, 0.29) is 12.6 Å². The van der Waals surface area contributed by atoms with Crippen LogP contribution in [0.4, 0.5) is 11.8 Å². The van der Waals surface area contributed by atoms with Crippen LogP contribution in [0.25, 0.3) is 10.9 Å². The molecule has 0 unspecified atom stereocenters. The van der Waals surface area contributed by atoms with E-state index in [0.29, 0.717) is 23.6 Å². The molecule has 1 aromatic carbocycles. The molecule has 1 aromatic heterocycles. The fourth-order valence-corrected chi connectivity index (χ4v) is 2.10. The molecule has 0 spiro atoms. The van der Waals surface area contributed by atoms with Gasteiger partial charge in [0.15, 0.2) is 0 Å². The van der Waals surface area contributed by atoms with E-state index in [1.165, 1.54) is 0 Å². The maximum Gasteiger partial charge on any atom is 0.222 e. The molecule has 0 aliphatic heterocycles. The lowest BCUT2D eigenvalue weighted by Gasteiger charge is -2.12. The maximum absolute atomic E-state index is 8.86. The molecule has 0 aliphatic rings. The van der Waals surface area contributed by atoms with E-state index in [9.17, 15) is 0 Å².